The van der Waals surface area contributed by atoms with E-state index in [-0.39, 0.29) is 0 Å². The summed E-state index contributed by atoms with van der Waals surface area (Å²) in [7, 11) is 3.69. The van der Waals surface area contributed by atoms with E-state index in [9.17, 15) is 0 Å². The van der Waals surface area contributed by atoms with E-state index in [0.717, 1.165) is 11.4 Å². The Hall–Kier alpha value is -2.11. The third-order valence-electron chi connectivity index (χ3n) is 2.28. The van der Waals surface area contributed by atoms with E-state index in [0.29, 0.717) is 12.4 Å². The van der Waals surface area contributed by atoms with E-state index in [1.54, 1.807) is 7.05 Å². The Balaban J connectivity index is 2.14. The highest BCUT2D eigenvalue weighted by Gasteiger charge is 2.08. The quantitative estimate of drug-likeness (QED) is 0.756. The number of nitrogens with zero attached hydrogens (tertiary/aromatic N) is 5. The van der Waals surface area contributed by atoms with Gasteiger partial charge in [0.05, 0.1) is 25.0 Å². The summed E-state index contributed by atoms with van der Waals surface area (Å²) in [5, 5.41) is 11.8. The van der Waals surface area contributed by atoms with Crippen LogP contribution in [0, 0.1) is 0 Å². The third-order valence-corrected chi connectivity index (χ3v) is 2.28. The summed E-state index contributed by atoms with van der Waals surface area (Å²) in [6.45, 7) is 0.585. The molecule has 84 valence electrons. The molecule has 2 aromatic rings. The first kappa shape index (κ1) is 10.4. The molecule has 0 atom stereocenters. The number of aromatic nitrogens is 4. The third kappa shape index (κ3) is 2.10. The van der Waals surface area contributed by atoms with Crippen LogP contribution in [0.3, 0.4) is 0 Å². The van der Waals surface area contributed by atoms with Gasteiger partial charge >= 0.3 is 0 Å². The number of benzene rings is 1. The van der Waals surface area contributed by atoms with Gasteiger partial charge in [0.25, 0.3) is 0 Å². The van der Waals surface area contributed by atoms with Gasteiger partial charge in [0, 0.05) is 7.05 Å². The van der Waals surface area contributed by atoms with Gasteiger partial charge in [-0.1, -0.05) is 12.1 Å². The van der Waals surface area contributed by atoms with Crippen molar-refractivity contribution < 1.29 is 0 Å². The van der Waals surface area contributed by atoms with Crippen LogP contribution in [-0.2, 0) is 13.6 Å². The molecule has 0 saturated carbocycles. The average Bonchev–Trinajstić information content (AvgIpc) is 2.64. The highest BCUT2D eigenvalue weighted by molar-refractivity contribution is 5.66. The number of para-hydroxylation sites is 2. The lowest BCUT2D eigenvalue weighted by molar-refractivity contribution is 0.627. The van der Waals surface area contributed by atoms with Crippen LogP contribution in [0.2, 0.25) is 0 Å². The number of rotatable bonds is 3. The van der Waals surface area contributed by atoms with Gasteiger partial charge in [0.15, 0.2) is 5.82 Å². The Morgan fingerprint density at radius 3 is 2.75 bits per heavy atom. The van der Waals surface area contributed by atoms with E-state index in [1.807, 2.05) is 36.2 Å². The zero-order valence-electron chi connectivity index (χ0n) is 9.33. The van der Waals surface area contributed by atoms with E-state index >= 15 is 0 Å². The lowest BCUT2D eigenvalue weighted by Crippen LogP contribution is -2.18. The molecule has 0 aliphatic rings. The summed E-state index contributed by atoms with van der Waals surface area (Å²) in [5.74, 6) is 0.674. The van der Waals surface area contributed by atoms with Crippen molar-refractivity contribution >= 4 is 11.4 Å². The van der Waals surface area contributed by atoms with Crippen LogP contribution in [0.15, 0.2) is 24.3 Å². The molecule has 1 aromatic heterocycles. The molecule has 0 aliphatic carbocycles. The van der Waals surface area contributed by atoms with E-state index in [2.05, 4.69) is 15.4 Å². The van der Waals surface area contributed by atoms with Crippen molar-refractivity contribution in [1.82, 2.24) is 20.2 Å². The molecule has 0 saturated heterocycles. The van der Waals surface area contributed by atoms with Crippen LogP contribution >= 0.6 is 0 Å². The summed E-state index contributed by atoms with van der Waals surface area (Å²) in [4.78, 5) is 3.43. The zero-order chi connectivity index (χ0) is 11.5. The minimum Gasteiger partial charge on any atom is -0.397 e. The molecule has 2 rings (SSSR count). The number of hydrogen-bond donors (Lipinski definition) is 1. The summed E-state index contributed by atoms with van der Waals surface area (Å²) in [5.41, 5.74) is 7.59. The van der Waals surface area contributed by atoms with Gasteiger partial charge < -0.3 is 10.6 Å². The van der Waals surface area contributed by atoms with Crippen molar-refractivity contribution in [2.75, 3.05) is 17.7 Å². The molecule has 1 aromatic carbocycles. The van der Waals surface area contributed by atoms with E-state index < -0.39 is 0 Å². The van der Waals surface area contributed by atoms with Crippen LogP contribution in [0.5, 0.6) is 0 Å². The summed E-state index contributed by atoms with van der Waals surface area (Å²) < 4.78 is 0. The molecule has 0 spiro atoms. The Morgan fingerprint density at radius 1 is 1.38 bits per heavy atom. The zero-order valence-corrected chi connectivity index (χ0v) is 9.33. The van der Waals surface area contributed by atoms with Crippen molar-refractivity contribution in [3.63, 3.8) is 0 Å². The molecule has 1 heterocycles. The first-order valence-corrected chi connectivity index (χ1v) is 4.95. The maximum absolute atomic E-state index is 5.88. The monoisotopic (exact) mass is 218 g/mol. The molecule has 0 unspecified atom stereocenters. The fourth-order valence-electron chi connectivity index (χ4n) is 1.52. The van der Waals surface area contributed by atoms with Crippen molar-refractivity contribution in [2.45, 2.75) is 6.54 Å². The van der Waals surface area contributed by atoms with Gasteiger partial charge in [0.1, 0.15) is 0 Å². The second-order valence-corrected chi connectivity index (χ2v) is 3.61. The van der Waals surface area contributed by atoms with Crippen LogP contribution in [0.25, 0.3) is 0 Å². The van der Waals surface area contributed by atoms with Gasteiger partial charge in [-0.3, -0.25) is 0 Å². The molecule has 0 bridgehead atoms. The first-order valence-electron chi connectivity index (χ1n) is 4.95. The minimum absolute atomic E-state index is 0.585. The number of tetrazole rings is 1. The van der Waals surface area contributed by atoms with E-state index in [4.69, 9.17) is 5.73 Å². The lowest BCUT2D eigenvalue weighted by Gasteiger charge is -2.18. The maximum atomic E-state index is 5.88. The van der Waals surface area contributed by atoms with Gasteiger partial charge in [-0.15, -0.1) is 10.2 Å². The van der Waals surface area contributed by atoms with Crippen molar-refractivity contribution in [1.29, 1.82) is 0 Å². The molecule has 0 aliphatic heterocycles. The number of hydrogen-bond acceptors (Lipinski definition) is 5. The Labute approximate surface area is 93.7 Å². The van der Waals surface area contributed by atoms with E-state index in [1.165, 1.54) is 4.80 Å². The fraction of sp³-hybridized carbons (Fsp3) is 0.300. The number of nitrogens with two attached hydrogens (primary N) is 1. The SMILES string of the molecule is CN(Cc1nnn(C)n1)c1ccccc1N. The van der Waals surface area contributed by atoms with Crippen molar-refractivity contribution in [3.8, 4) is 0 Å². The topological polar surface area (TPSA) is 72.9 Å². The summed E-state index contributed by atoms with van der Waals surface area (Å²) >= 11 is 0. The number of anilines is 2. The molecule has 6 nitrogen and oxygen atoms in total. The first-order chi connectivity index (χ1) is 7.66. The molecule has 0 fully saturated rings. The second kappa shape index (κ2) is 4.18. The van der Waals surface area contributed by atoms with Gasteiger partial charge in [-0.2, -0.15) is 4.80 Å². The Bertz CT molecular complexity index is 478. The summed E-state index contributed by atoms with van der Waals surface area (Å²) in [6, 6.07) is 7.70. The van der Waals surface area contributed by atoms with Crippen LogP contribution in [-0.4, -0.2) is 27.3 Å². The Kier molecular flexibility index (Phi) is 2.72. The number of aryl methyl sites for hydroxylation is 1. The standard InChI is InChI=1S/C10H14N6/c1-15(7-10-12-14-16(2)13-10)9-6-4-3-5-8(9)11/h3-6H,7,11H2,1-2H3. The number of nitrogen functional groups attached to an aromatic ring is 1. The van der Waals surface area contributed by atoms with Crippen LogP contribution < -0.4 is 10.6 Å². The largest absolute Gasteiger partial charge is 0.397 e. The van der Waals surface area contributed by atoms with Crippen molar-refractivity contribution in [2.24, 2.45) is 7.05 Å². The van der Waals surface area contributed by atoms with Crippen molar-refractivity contribution in [3.05, 3.63) is 30.1 Å². The molecule has 0 amide bonds. The smallest absolute Gasteiger partial charge is 0.193 e. The fourth-order valence-corrected chi connectivity index (χ4v) is 1.52. The van der Waals surface area contributed by atoms with Crippen LogP contribution in [0.4, 0.5) is 11.4 Å². The van der Waals surface area contributed by atoms with Crippen LogP contribution in [0.1, 0.15) is 5.82 Å². The lowest BCUT2D eigenvalue weighted by atomic mass is 10.2. The molecular formula is C10H14N6. The summed E-state index contributed by atoms with van der Waals surface area (Å²) in [6.07, 6.45) is 0. The predicted octanol–water partition coefficient (Wildman–Crippen LogP) is 0.429. The molecule has 6 heteroatoms. The normalized spacial score (nSPS) is 10.4. The predicted molar refractivity (Wildman–Crippen MR) is 61.8 cm³/mol. The molecular weight excluding hydrogens is 204 g/mol. The molecule has 2 N–H and O–H groups in total. The molecule has 16 heavy (non-hydrogen) atoms. The van der Waals surface area contributed by atoms with Gasteiger partial charge in [0.2, 0.25) is 0 Å². The van der Waals surface area contributed by atoms with Gasteiger partial charge in [-0.05, 0) is 17.3 Å². The average molecular weight is 218 g/mol. The minimum atomic E-state index is 0.585. The Morgan fingerprint density at radius 2 is 2.12 bits per heavy atom. The second-order valence-electron chi connectivity index (χ2n) is 3.61. The molecule has 0 radical (unpaired) electrons. The van der Waals surface area contributed by atoms with Gasteiger partial charge in [-0.25, -0.2) is 0 Å². The highest BCUT2D eigenvalue weighted by Crippen LogP contribution is 2.21. The maximum Gasteiger partial charge on any atom is 0.193 e. The highest BCUT2D eigenvalue weighted by atomic mass is 15.6.